The molecule has 29 heavy (non-hydrogen) atoms. The van der Waals surface area contributed by atoms with Gasteiger partial charge in [-0.2, -0.15) is 0 Å². The van der Waals surface area contributed by atoms with Crippen LogP contribution in [0.1, 0.15) is 51.7 Å². The van der Waals surface area contributed by atoms with Gasteiger partial charge in [0.2, 0.25) is 0 Å². The zero-order chi connectivity index (χ0) is 21.0. The predicted molar refractivity (Wildman–Crippen MR) is 111 cm³/mol. The molecular weight excluding hydrogens is 390 g/mol. The number of benzene rings is 1. The molecule has 0 saturated heterocycles. The number of aryl methyl sites for hydroxylation is 2. The van der Waals surface area contributed by atoms with Crippen molar-refractivity contribution in [3.63, 3.8) is 0 Å². The number of fused-ring (bicyclic) bond motifs is 1. The number of furan rings is 1. The highest BCUT2D eigenvalue weighted by molar-refractivity contribution is 7.12. The SMILES string of the molecule is Cc1cc(C(=O)CCC(=O)OCC(=O)N[C@@H](C)c2cc3ccccc3o2)c(C)s1. The number of carbonyl (C=O) groups excluding carboxylic acids is 3. The molecule has 1 atom stereocenters. The highest BCUT2D eigenvalue weighted by Crippen LogP contribution is 2.24. The van der Waals surface area contributed by atoms with Crippen LogP contribution in [-0.2, 0) is 14.3 Å². The molecule has 1 N–H and O–H groups in total. The van der Waals surface area contributed by atoms with Gasteiger partial charge in [0.25, 0.3) is 5.91 Å². The molecule has 0 radical (unpaired) electrons. The lowest BCUT2D eigenvalue weighted by Crippen LogP contribution is -2.31. The van der Waals surface area contributed by atoms with E-state index in [9.17, 15) is 14.4 Å². The number of Topliss-reactive ketones (excluding diaryl/α,β-unsaturated/α-hetero) is 1. The van der Waals surface area contributed by atoms with Crippen LogP contribution < -0.4 is 5.32 Å². The first-order chi connectivity index (χ1) is 13.8. The fraction of sp³-hybridized carbons (Fsp3) is 0.318. The summed E-state index contributed by atoms with van der Waals surface area (Å²) in [5, 5.41) is 3.69. The van der Waals surface area contributed by atoms with Gasteiger partial charge in [-0.15, -0.1) is 11.3 Å². The number of ketones is 1. The van der Waals surface area contributed by atoms with E-state index in [1.165, 1.54) is 0 Å². The van der Waals surface area contributed by atoms with Gasteiger partial charge in [0.05, 0.1) is 12.5 Å². The summed E-state index contributed by atoms with van der Waals surface area (Å²) in [4.78, 5) is 38.1. The van der Waals surface area contributed by atoms with E-state index < -0.39 is 18.5 Å². The van der Waals surface area contributed by atoms with Crippen LogP contribution in [0.5, 0.6) is 0 Å². The van der Waals surface area contributed by atoms with Crippen LogP contribution in [0.4, 0.5) is 0 Å². The molecule has 0 aliphatic carbocycles. The van der Waals surface area contributed by atoms with E-state index in [0.29, 0.717) is 11.3 Å². The summed E-state index contributed by atoms with van der Waals surface area (Å²) in [6, 6.07) is 10.9. The minimum atomic E-state index is -0.575. The highest BCUT2D eigenvalue weighted by Gasteiger charge is 2.17. The maximum absolute atomic E-state index is 12.2. The number of para-hydroxylation sites is 1. The summed E-state index contributed by atoms with van der Waals surface area (Å²) in [5.74, 6) is -0.471. The van der Waals surface area contributed by atoms with Crippen LogP contribution in [0, 0.1) is 13.8 Å². The van der Waals surface area contributed by atoms with Gasteiger partial charge in [-0.25, -0.2) is 0 Å². The molecule has 0 unspecified atom stereocenters. The Kier molecular flexibility index (Phi) is 6.49. The third-order valence-electron chi connectivity index (χ3n) is 4.51. The van der Waals surface area contributed by atoms with Gasteiger partial charge in [-0.05, 0) is 39.0 Å². The summed E-state index contributed by atoms with van der Waals surface area (Å²) < 4.78 is 10.7. The molecule has 152 valence electrons. The van der Waals surface area contributed by atoms with Gasteiger partial charge in [0, 0.05) is 27.1 Å². The Morgan fingerprint density at radius 2 is 1.90 bits per heavy atom. The molecule has 0 aliphatic rings. The second-order valence-corrected chi connectivity index (χ2v) is 8.35. The van der Waals surface area contributed by atoms with Crippen molar-refractivity contribution in [3.8, 4) is 0 Å². The van der Waals surface area contributed by atoms with E-state index in [0.717, 1.165) is 20.7 Å². The maximum Gasteiger partial charge on any atom is 0.306 e. The van der Waals surface area contributed by atoms with Crippen molar-refractivity contribution in [1.29, 1.82) is 0 Å². The van der Waals surface area contributed by atoms with Crippen LogP contribution in [-0.4, -0.2) is 24.3 Å². The van der Waals surface area contributed by atoms with Gasteiger partial charge >= 0.3 is 5.97 Å². The van der Waals surface area contributed by atoms with E-state index in [-0.39, 0.29) is 24.7 Å². The van der Waals surface area contributed by atoms with Crippen LogP contribution >= 0.6 is 11.3 Å². The van der Waals surface area contributed by atoms with Crippen molar-refractivity contribution in [3.05, 3.63) is 57.5 Å². The lowest BCUT2D eigenvalue weighted by Gasteiger charge is -2.11. The smallest absolute Gasteiger partial charge is 0.306 e. The van der Waals surface area contributed by atoms with Gasteiger partial charge in [0.15, 0.2) is 12.4 Å². The normalized spacial score (nSPS) is 12.0. The molecule has 0 fully saturated rings. The second-order valence-electron chi connectivity index (χ2n) is 6.89. The van der Waals surface area contributed by atoms with Crippen molar-refractivity contribution in [1.82, 2.24) is 5.32 Å². The highest BCUT2D eigenvalue weighted by atomic mass is 32.1. The number of thiophene rings is 1. The summed E-state index contributed by atoms with van der Waals surface area (Å²) in [6.45, 7) is 5.22. The molecule has 0 spiro atoms. The number of hydrogen-bond acceptors (Lipinski definition) is 6. The molecule has 0 bridgehead atoms. The number of ether oxygens (including phenoxy) is 1. The summed E-state index contributed by atoms with van der Waals surface area (Å²) in [5.41, 5.74) is 1.40. The number of rotatable bonds is 8. The minimum absolute atomic E-state index is 0.0560. The topological polar surface area (TPSA) is 85.6 Å². The van der Waals surface area contributed by atoms with Gasteiger partial charge in [-0.3, -0.25) is 14.4 Å². The molecule has 1 aromatic carbocycles. The minimum Gasteiger partial charge on any atom is -0.459 e. The molecular formula is C22H23NO5S. The van der Waals surface area contributed by atoms with E-state index in [4.69, 9.17) is 9.15 Å². The first-order valence-electron chi connectivity index (χ1n) is 9.37. The molecule has 2 aromatic heterocycles. The number of esters is 1. The zero-order valence-corrected chi connectivity index (χ0v) is 17.4. The lowest BCUT2D eigenvalue weighted by atomic mass is 10.1. The quantitative estimate of drug-likeness (QED) is 0.434. The third kappa shape index (κ3) is 5.32. The van der Waals surface area contributed by atoms with Crippen LogP contribution in [0.3, 0.4) is 0 Å². The van der Waals surface area contributed by atoms with E-state index in [2.05, 4.69) is 5.32 Å². The lowest BCUT2D eigenvalue weighted by molar-refractivity contribution is -0.148. The van der Waals surface area contributed by atoms with Crippen LogP contribution in [0.2, 0.25) is 0 Å². The zero-order valence-electron chi connectivity index (χ0n) is 16.6. The largest absolute Gasteiger partial charge is 0.459 e. The molecule has 1 amide bonds. The van der Waals surface area contributed by atoms with Gasteiger partial charge in [-0.1, -0.05) is 18.2 Å². The average molecular weight is 413 g/mol. The Morgan fingerprint density at radius 3 is 2.59 bits per heavy atom. The van der Waals surface area contributed by atoms with Gasteiger partial charge in [0.1, 0.15) is 11.3 Å². The van der Waals surface area contributed by atoms with Gasteiger partial charge < -0.3 is 14.5 Å². The predicted octanol–water partition coefficient (Wildman–Crippen LogP) is 4.49. The Bertz CT molecular complexity index is 1020. The summed E-state index contributed by atoms with van der Waals surface area (Å²) >= 11 is 1.55. The third-order valence-corrected chi connectivity index (χ3v) is 5.48. The fourth-order valence-corrected chi connectivity index (χ4v) is 3.99. The molecule has 0 saturated carbocycles. The average Bonchev–Trinajstić information content (AvgIpc) is 3.27. The van der Waals surface area contributed by atoms with E-state index in [1.807, 2.05) is 50.2 Å². The first kappa shape index (κ1) is 20.8. The molecule has 3 aromatic rings. The monoisotopic (exact) mass is 413 g/mol. The van der Waals surface area contributed by atoms with Crippen LogP contribution in [0.25, 0.3) is 11.0 Å². The van der Waals surface area contributed by atoms with E-state index >= 15 is 0 Å². The number of amides is 1. The van der Waals surface area contributed by atoms with Crippen molar-refractivity contribution in [2.75, 3.05) is 6.61 Å². The molecule has 6 nitrogen and oxygen atoms in total. The maximum atomic E-state index is 12.2. The molecule has 3 rings (SSSR count). The molecule has 2 heterocycles. The number of hydrogen-bond donors (Lipinski definition) is 1. The van der Waals surface area contributed by atoms with Crippen molar-refractivity contribution >= 4 is 40.0 Å². The second kappa shape index (κ2) is 9.05. The summed E-state index contributed by atoms with van der Waals surface area (Å²) in [7, 11) is 0. The standard InChI is InChI=1S/C22H23NO5S/c1-13-10-17(15(3)29-13)18(24)8-9-22(26)27-12-21(25)23-14(2)20-11-16-6-4-5-7-19(16)28-20/h4-7,10-11,14H,8-9,12H2,1-3H3,(H,23,25)/t14-/m0/s1. The summed E-state index contributed by atoms with van der Waals surface area (Å²) in [6.07, 6.45) is 0.00638. The fourth-order valence-electron chi connectivity index (χ4n) is 3.05. The van der Waals surface area contributed by atoms with Crippen molar-refractivity contribution < 1.29 is 23.5 Å². The van der Waals surface area contributed by atoms with Crippen LogP contribution in [0.15, 0.2) is 40.8 Å². The Labute approximate surface area is 172 Å². The number of carbonyl (C=O) groups is 3. The Balaban J connectivity index is 1.43. The molecule has 7 heteroatoms. The Hall–Kier alpha value is -2.93. The number of nitrogens with one attached hydrogen (secondary N) is 1. The Morgan fingerprint density at radius 1 is 1.14 bits per heavy atom. The first-order valence-corrected chi connectivity index (χ1v) is 10.2. The van der Waals surface area contributed by atoms with E-state index in [1.54, 1.807) is 18.3 Å². The van der Waals surface area contributed by atoms with Crippen molar-refractivity contribution in [2.24, 2.45) is 0 Å². The molecule has 0 aliphatic heterocycles. The van der Waals surface area contributed by atoms with Crippen molar-refractivity contribution in [2.45, 2.75) is 39.7 Å².